The third kappa shape index (κ3) is 4.03. The van der Waals surface area contributed by atoms with Crippen LogP contribution in [-0.4, -0.2) is 16.6 Å². The predicted molar refractivity (Wildman–Crippen MR) is 62.8 cm³/mol. The van der Waals surface area contributed by atoms with E-state index in [0.717, 1.165) is 0 Å². The molecular weight excluding hydrogens is 223 g/mol. The standard InChI is InChI=1S/C12H17FN2O2/c1-12(2,6-10(14)16)15-7-8-4-3-5-9(13)11(8)17/h3-5,15,17H,6-7H2,1-2H3,(H2,14,16). The van der Waals surface area contributed by atoms with Crippen molar-refractivity contribution in [3.63, 3.8) is 0 Å². The monoisotopic (exact) mass is 240 g/mol. The van der Waals surface area contributed by atoms with Gasteiger partial charge in [-0.3, -0.25) is 4.79 Å². The van der Waals surface area contributed by atoms with Gasteiger partial charge in [0.25, 0.3) is 0 Å². The highest BCUT2D eigenvalue weighted by Crippen LogP contribution is 2.21. The molecule has 5 heteroatoms. The van der Waals surface area contributed by atoms with Gasteiger partial charge in [-0.2, -0.15) is 0 Å². The Morgan fingerprint density at radius 2 is 2.18 bits per heavy atom. The molecule has 0 saturated heterocycles. The minimum absolute atomic E-state index is 0.170. The second-order valence-electron chi connectivity index (χ2n) is 4.63. The first-order valence-electron chi connectivity index (χ1n) is 5.31. The first-order valence-corrected chi connectivity index (χ1v) is 5.31. The van der Waals surface area contributed by atoms with Crippen LogP contribution in [-0.2, 0) is 11.3 Å². The molecule has 0 heterocycles. The molecular formula is C12H17FN2O2. The molecule has 1 aromatic carbocycles. The van der Waals surface area contributed by atoms with Crippen LogP contribution in [0.15, 0.2) is 18.2 Å². The van der Waals surface area contributed by atoms with Gasteiger partial charge in [0.2, 0.25) is 5.91 Å². The average molecular weight is 240 g/mol. The lowest BCUT2D eigenvalue weighted by molar-refractivity contribution is -0.119. The summed E-state index contributed by atoms with van der Waals surface area (Å²) < 4.78 is 13.1. The van der Waals surface area contributed by atoms with Gasteiger partial charge in [-0.1, -0.05) is 12.1 Å². The van der Waals surface area contributed by atoms with Gasteiger partial charge >= 0.3 is 0 Å². The Labute approximate surface area is 99.6 Å². The molecule has 4 nitrogen and oxygen atoms in total. The Kier molecular flexibility index (Phi) is 4.07. The zero-order valence-corrected chi connectivity index (χ0v) is 9.96. The summed E-state index contributed by atoms with van der Waals surface area (Å²) in [6, 6.07) is 4.33. The number of hydrogen-bond acceptors (Lipinski definition) is 3. The van der Waals surface area contributed by atoms with E-state index in [2.05, 4.69) is 5.32 Å². The molecule has 0 saturated carbocycles. The van der Waals surface area contributed by atoms with E-state index in [-0.39, 0.29) is 18.7 Å². The maximum Gasteiger partial charge on any atom is 0.219 e. The minimum Gasteiger partial charge on any atom is -0.505 e. The van der Waals surface area contributed by atoms with Gasteiger partial charge in [-0.25, -0.2) is 4.39 Å². The van der Waals surface area contributed by atoms with Crippen LogP contribution in [0.25, 0.3) is 0 Å². The first-order chi connectivity index (χ1) is 7.82. The molecule has 0 radical (unpaired) electrons. The van der Waals surface area contributed by atoms with Crippen LogP contribution in [0.1, 0.15) is 25.8 Å². The lowest BCUT2D eigenvalue weighted by Gasteiger charge is -2.25. The van der Waals surface area contributed by atoms with Crippen LogP contribution in [0.2, 0.25) is 0 Å². The van der Waals surface area contributed by atoms with Crippen molar-refractivity contribution < 1.29 is 14.3 Å². The van der Waals surface area contributed by atoms with E-state index in [4.69, 9.17) is 5.73 Å². The molecule has 0 aliphatic rings. The van der Waals surface area contributed by atoms with E-state index in [9.17, 15) is 14.3 Å². The molecule has 1 rings (SSSR count). The number of primary amides is 1. The number of rotatable bonds is 5. The molecule has 94 valence electrons. The molecule has 1 amide bonds. The van der Waals surface area contributed by atoms with Crippen LogP contribution >= 0.6 is 0 Å². The topological polar surface area (TPSA) is 75.4 Å². The fraction of sp³-hybridized carbons (Fsp3) is 0.417. The van der Waals surface area contributed by atoms with Crippen LogP contribution in [0.5, 0.6) is 5.75 Å². The normalized spacial score (nSPS) is 11.5. The van der Waals surface area contributed by atoms with Crippen molar-refractivity contribution >= 4 is 5.91 Å². The third-order valence-electron chi connectivity index (χ3n) is 2.44. The molecule has 0 aromatic heterocycles. The van der Waals surface area contributed by atoms with Crippen molar-refractivity contribution in [1.82, 2.24) is 5.32 Å². The highest BCUT2D eigenvalue weighted by atomic mass is 19.1. The lowest BCUT2D eigenvalue weighted by atomic mass is 10.00. The fourth-order valence-corrected chi connectivity index (χ4v) is 1.54. The van der Waals surface area contributed by atoms with Crippen LogP contribution < -0.4 is 11.1 Å². The van der Waals surface area contributed by atoms with Crippen molar-refractivity contribution in [2.45, 2.75) is 32.4 Å². The molecule has 0 unspecified atom stereocenters. The number of benzene rings is 1. The van der Waals surface area contributed by atoms with Crippen molar-refractivity contribution in [2.24, 2.45) is 5.73 Å². The number of hydrogen-bond donors (Lipinski definition) is 3. The summed E-state index contributed by atoms with van der Waals surface area (Å²) in [7, 11) is 0. The first kappa shape index (κ1) is 13.4. The quantitative estimate of drug-likeness (QED) is 0.725. The van der Waals surface area contributed by atoms with Crippen LogP contribution in [0, 0.1) is 5.82 Å². The third-order valence-corrected chi connectivity index (χ3v) is 2.44. The lowest BCUT2D eigenvalue weighted by Crippen LogP contribution is -2.42. The van der Waals surface area contributed by atoms with E-state index < -0.39 is 17.3 Å². The zero-order valence-electron chi connectivity index (χ0n) is 9.96. The van der Waals surface area contributed by atoms with Gasteiger partial charge in [0.05, 0.1) is 0 Å². The van der Waals surface area contributed by atoms with E-state index in [1.807, 2.05) is 13.8 Å². The maximum absolute atomic E-state index is 13.1. The summed E-state index contributed by atoms with van der Waals surface area (Å²) in [5.41, 5.74) is 5.06. The SMILES string of the molecule is CC(C)(CC(N)=O)NCc1cccc(F)c1O. The summed E-state index contributed by atoms with van der Waals surface area (Å²) in [6.07, 6.45) is 0.170. The van der Waals surface area contributed by atoms with Gasteiger partial charge in [-0.15, -0.1) is 0 Å². The molecule has 0 spiro atoms. The number of nitrogens with one attached hydrogen (secondary N) is 1. The van der Waals surface area contributed by atoms with Crippen molar-refractivity contribution in [3.8, 4) is 5.75 Å². The Morgan fingerprint density at radius 3 is 2.76 bits per heavy atom. The number of nitrogens with two attached hydrogens (primary N) is 1. The molecule has 0 fully saturated rings. The van der Waals surface area contributed by atoms with Gasteiger partial charge < -0.3 is 16.2 Å². The van der Waals surface area contributed by atoms with Crippen molar-refractivity contribution in [1.29, 1.82) is 0 Å². The highest BCUT2D eigenvalue weighted by Gasteiger charge is 2.20. The second-order valence-corrected chi connectivity index (χ2v) is 4.63. The molecule has 4 N–H and O–H groups in total. The Balaban J connectivity index is 2.67. The van der Waals surface area contributed by atoms with Crippen LogP contribution in [0.3, 0.4) is 0 Å². The molecule has 1 aromatic rings. The van der Waals surface area contributed by atoms with Crippen molar-refractivity contribution in [3.05, 3.63) is 29.6 Å². The fourth-order valence-electron chi connectivity index (χ4n) is 1.54. The summed E-state index contributed by atoms with van der Waals surface area (Å²) in [4.78, 5) is 10.8. The number of aromatic hydroxyl groups is 1. The smallest absolute Gasteiger partial charge is 0.219 e. The highest BCUT2D eigenvalue weighted by molar-refractivity contribution is 5.75. The van der Waals surface area contributed by atoms with Crippen LogP contribution in [0.4, 0.5) is 4.39 Å². The van der Waals surface area contributed by atoms with E-state index in [1.54, 1.807) is 6.07 Å². The number of phenols is 1. The van der Waals surface area contributed by atoms with Gasteiger partial charge in [0, 0.05) is 24.1 Å². The summed E-state index contributed by atoms with van der Waals surface area (Å²) in [6.45, 7) is 3.89. The number of halogens is 1. The largest absolute Gasteiger partial charge is 0.505 e. The molecule has 0 aliphatic heterocycles. The number of carbonyl (C=O) groups excluding carboxylic acids is 1. The summed E-state index contributed by atoms with van der Waals surface area (Å²) in [5, 5.41) is 12.5. The predicted octanol–water partition coefficient (Wildman–Crippen LogP) is 1.27. The minimum atomic E-state index is -0.656. The summed E-state index contributed by atoms with van der Waals surface area (Å²) >= 11 is 0. The zero-order chi connectivity index (χ0) is 13.1. The molecule has 0 aliphatic carbocycles. The number of para-hydroxylation sites is 1. The summed E-state index contributed by atoms with van der Waals surface area (Å²) in [5.74, 6) is -1.43. The van der Waals surface area contributed by atoms with Gasteiger partial charge in [0.15, 0.2) is 11.6 Å². The second kappa shape index (κ2) is 5.14. The van der Waals surface area contributed by atoms with Gasteiger partial charge in [-0.05, 0) is 19.9 Å². The van der Waals surface area contributed by atoms with E-state index in [1.165, 1.54) is 12.1 Å². The van der Waals surface area contributed by atoms with E-state index >= 15 is 0 Å². The molecule has 0 bridgehead atoms. The van der Waals surface area contributed by atoms with Crippen molar-refractivity contribution in [2.75, 3.05) is 0 Å². The Morgan fingerprint density at radius 1 is 1.53 bits per heavy atom. The molecule has 0 atom stereocenters. The Hall–Kier alpha value is -1.62. The average Bonchev–Trinajstić information content (AvgIpc) is 2.18. The van der Waals surface area contributed by atoms with Gasteiger partial charge in [0.1, 0.15) is 0 Å². The number of phenolic OH excluding ortho intramolecular Hbond substituents is 1. The molecule has 17 heavy (non-hydrogen) atoms. The number of amides is 1. The maximum atomic E-state index is 13.1. The Bertz CT molecular complexity index is 419. The number of carbonyl (C=O) groups is 1. The van der Waals surface area contributed by atoms with E-state index in [0.29, 0.717) is 5.56 Å².